The number of aromatic nitrogens is 4. The third-order valence-corrected chi connectivity index (χ3v) is 3.97. The van der Waals surface area contributed by atoms with Gasteiger partial charge < -0.3 is 0 Å². The van der Waals surface area contributed by atoms with Gasteiger partial charge >= 0.3 is 6.18 Å². The smallest absolute Gasteiger partial charge is 0.229 e. The van der Waals surface area contributed by atoms with Crippen LogP contribution in [0.5, 0.6) is 0 Å². The molecule has 0 saturated heterocycles. The summed E-state index contributed by atoms with van der Waals surface area (Å²) in [5, 5.41) is 11.0. The fourth-order valence-electron chi connectivity index (χ4n) is 1.67. The van der Waals surface area contributed by atoms with Gasteiger partial charge in [-0.05, 0) is 35.0 Å². The van der Waals surface area contributed by atoms with Crippen LogP contribution in [0.2, 0.25) is 5.02 Å². The molecule has 2 aromatic rings. The predicted octanol–water partition coefficient (Wildman–Crippen LogP) is 4.05. The van der Waals surface area contributed by atoms with Crippen LogP contribution in [0, 0.1) is 0 Å². The lowest BCUT2D eigenvalue weighted by molar-refractivity contribution is -0.137. The number of alkyl halides is 3. The summed E-state index contributed by atoms with van der Waals surface area (Å²) in [5.41, 5.74) is -0.831. The minimum absolute atomic E-state index is 0.303. The number of aryl methyl sites for hydroxylation is 1. The second-order valence-corrected chi connectivity index (χ2v) is 5.70. The van der Waals surface area contributed by atoms with Crippen LogP contribution in [0.4, 0.5) is 13.2 Å². The maximum atomic E-state index is 12.8. The predicted molar refractivity (Wildman–Crippen MR) is 74.1 cm³/mol. The van der Waals surface area contributed by atoms with Crippen molar-refractivity contribution in [1.82, 2.24) is 20.2 Å². The van der Waals surface area contributed by atoms with Crippen LogP contribution in [-0.2, 0) is 18.5 Å². The van der Waals surface area contributed by atoms with Gasteiger partial charge in [-0.2, -0.15) is 13.2 Å². The van der Waals surface area contributed by atoms with E-state index in [0.717, 1.165) is 12.5 Å². The van der Waals surface area contributed by atoms with Crippen molar-refractivity contribution in [3.8, 4) is 0 Å². The van der Waals surface area contributed by atoms with Crippen LogP contribution in [-0.4, -0.2) is 20.2 Å². The highest BCUT2D eigenvalue weighted by Crippen LogP contribution is 2.37. The van der Waals surface area contributed by atoms with Gasteiger partial charge in [0.15, 0.2) is 5.82 Å². The highest BCUT2D eigenvalue weighted by atomic mass is 35.5. The third-order valence-electron chi connectivity index (χ3n) is 2.65. The van der Waals surface area contributed by atoms with Gasteiger partial charge in [-0.25, -0.2) is 4.68 Å². The van der Waals surface area contributed by atoms with E-state index in [-0.39, 0.29) is 5.02 Å². The van der Waals surface area contributed by atoms with E-state index in [1.54, 1.807) is 10.7 Å². The molecule has 0 atom stereocenters. The molecule has 0 aliphatic heterocycles. The molecule has 0 aliphatic carbocycles. The standard InChI is InChI=1S/C12H12ClF3N4S/c1-2-5-20-11(17-18-19-20)7-21-8-3-4-10(13)9(6-8)12(14,15)16/h3-4,6H,2,5,7H2,1H3. The average molecular weight is 337 g/mol. The topological polar surface area (TPSA) is 43.6 Å². The van der Waals surface area contributed by atoms with Crippen LogP contribution < -0.4 is 0 Å². The van der Waals surface area contributed by atoms with E-state index in [1.807, 2.05) is 6.92 Å². The number of nitrogens with zero attached hydrogens (tertiary/aromatic N) is 4. The van der Waals surface area contributed by atoms with Crippen LogP contribution in [0.25, 0.3) is 0 Å². The average Bonchev–Trinajstić information content (AvgIpc) is 2.84. The molecule has 0 spiro atoms. The lowest BCUT2D eigenvalue weighted by Gasteiger charge is -2.10. The lowest BCUT2D eigenvalue weighted by Crippen LogP contribution is -2.06. The number of benzene rings is 1. The normalized spacial score (nSPS) is 11.9. The van der Waals surface area contributed by atoms with E-state index in [1.165, 1.54) is 17.8 Å². The Bertz CT molecular complexity index is 615. The van der Waals surface area contributed by atoms with E-state index in [0.29, 0.717) is 23.0 Å². The molecule has 1 aromatic carbocycles. The number of hydrogen-bond acceptors (Lipinski definition) is 4. The fraction of sp³-hybridized carbons (Fsp3) is 0.417. The Labute approximate surface area is 128 Å². The first kappa shape index (κ1) is 16.1. The Morgan fingerprint density at radius 1 is 1.33 bits per heavy atom. The molecule has 0 N–H and O–H groups in total. The van der Waals surface area contributed by atoms with Gasteiger partial charge in [0.25, 0.3) is 0 Å². The number of tetrazole rings is 1. The molecular weight excluding hydrogens is 325 g/mol. The Hall–Kier alpha value is -1.28. The van der Waals surface area contributed by atoms with Crippen LogP contribution in [0.3, 0.4) is 0 Å². The third kappa shape index (κ3) is 4.10. The van der Waals surface area contributed by atoms with Crippen molar-refractivity contribution in [3.05, 3.63) is 34.6 Å². The van der Waals surface area contributed by atoms with Gasteiger partial charge in [0.2, 0.25) is 0 Å². The zero-order chi connectivity index (χ0) is 15.5. The molecule has 0 radical (unpaired) electrons. The maximum Gasteiger partial charge on any atom is 0.417 e. The van der Waals surface area contributed by atoms with Crippen molar-refractivity contribution in [2.75, 3.05) is 0 Å². The van der Waals surface area contributed by atoms with Crippen LogP contribution in [0.1, 0.15) is 24.7 Å². The summed E-state index contributed by atoms with van der Waals surface area (Å²) in [6.45, 7) is 2.67. The molecule has 0 bridgehead atoms. The van der Waals surface area contributed by atoms with Crippen molar-refractivity contribution in [1.29, 1.82) is 0 Å². The monoisotopic (exact) mass is 336 g/mol. The van der Waals surface area contributed by atoms with Gasteiger partial charge in [0, 0.05) is 11.4 Å². The molecule has 0 amide bonds. The molecular formula is C12H12ClF3N4S. The molecule has 0 saturated carbocycles. The van der Waals surface area contributed by atoms with Gasteiger partial charge in [-0.3, -0.25) is 0 Å². The molecule has 0 unspecified atom stereocenters. The summed E-state index contributed by atoms with van der Waals surface area (Å²) in [6.07, 6.45) is -3.58. The van der Waals surface area contributed by atoms with Crippen LogP contribution in [0.15, 0.2) is 23.1 Å². The van der Waals surface area contributed by atoms with Gasteiger partial charge in [-0.1, -0.05) is 18.5 Å². The molecule has 2 rings (SSSR count). The summed E-state index contributed by atoms with van der Waals surface area (Å²) < 4.78 is 40.0. The SMILES string of the molecule is CCCn1nnnc1CSc1ccc(Cl)c(C(F)(F)F)c1. The summed E-state index contributed by atoms with van der Waals surface area (Å²) in [6, 6.07) is 3.85. The summed E-state index contributed by atoms with van der Waals surface area (Å²) in [5.74, 6) is 1.02. The zero-order valence-corrected chi connectivity index (χ0v) is 12.6. The lowest BCUT2D eigenvalue weighted by atomic mass is 10.2. The largest absolute Gasteiger partial charge is 0.417 e. The Morgan fingerprint density at radius 2 is 2.10 bits per heavy atom. The summed E-state index contributed by atoms with van der Waals surface area (Å²) in [7, 11) is 0. The highest BCUT2D eigenvalue weighted by Gasteiger charge is 2.33. The van der Waals surface area contributed by atoms with Crippen molar-refractivity contribution in [3.63, 3.8) is 0 Å². The first-order valence-electron chi connectivity index (χ1n) is 6.16. The van der Waals surface area contributed by atoms with E-state index >= 15 is 0 Å². The fourth-order valence-corrected chi connectivity index (χ4v) is 2.76. The van der Waals surface area contributed by atoms with Crippen LogP contribution >= 0.6 is 23.4 Å². The van der Waals surface area contributed by atoms with Gasteiger partial charge in [-0.15, -0.1) is 16.9 Å². The molecule has 1 aromatic heterocycles. The number of halogens is 4. The first-order valence-corrected chi connectivity index (χ1v) is 7.52. The highest BCUT2D eigenvalue weighted by molar-refractivity contribution is 7.98. The maximum absolute atomic E-state index is 12.8. The molecule has 114 valence electrons. The second kappa shape index (κ2) is 6.65. The number of thioether (sulfide) groups is 1. The Balaban J connectivity index is 2.12. The van der Waals surface area contributed by atoms with Crippen molar-refractivity contribution in [2.45, 2.75) is 36.7 Å². The minimum atomic E-state index is -4.46. The minimum Gasteiger partial charge on any atom is -0.229 e. The first-order chi connectivity index (χ1) is 9.91. The van der Waals surface area contributed by atoms with E-state index in [2.05, 4.69) is 15.5 Å². The van der Waals surface area contributed by atoms with Crippen molar-refractivity contribution in [2.24, 2.45) is 0 Å². The molecule has 21 heavy (non-hydrogen) atoms. The molecule has 4 nitrogen and oxygen atoms in total. The van der Waals surface area contributed by atoms with E-state index in [4.69, 9.17) is 11.6 Å². The Morgan fingerprint density at radius 3 is 2.76 bits per heavy atom. The second-order valence-electron chi connectivity index (χ2n) is 4.25. The van der Waals surface area contributed by atoms with Gasteiger partial charge in [0.1, 0.15) is 0 Å². The summed E-state index contributed by atoms with van der Waals surface area (Å²) in [4.78, 5) is 0.470. The quantitative estimate of drug-likeness (QED) is 0.773. The van der Waals surface area contributed by atoms with E-state index in [9.17, 15) is 13.2 Å². The Kier molecular flexibility index (Phi) is 5.10. The van der Waals surface area contributed by atoms with Crippen molar-refractivity contribution >= 4 is 23.4 Å². The molecule has 0 aliphatic rings. The number of rotatable bonds is 5. The molecule has 9 heteroatoms. The summed E-state index contributed by atoms with van der Waals surface area (Å²) >= 11 is 6.82. The molecule has 1 heterocycles. The zero-order valence-electron chi connectivity index (χ0n) is 11.1. The van der Waals surface area contributed by atoms with E-state index < -0.39 is 11.7 Å². The van der Waals surface area contributed by atoms with Crippen molar-refractivity contribution < 1.29 is 13.2 Å². The molecule has 0 fully saturated rings. The van der Waals surface area contributed by atoms with Gasteiger partial charge in [0.05, 0.1) is 16.3 Å². The number of hydrogen-bond donors (Lipinski definition) is 0.